The van der Waals surface area contributed by atoms with Crippen LogP contribution in [0.15, 0.2) is 5.38 Å². The van der Waals surface area contributed by atoms with Crippen molar-refractivity contribution in [2.24, 2.45) is 0 Å². The largest absolute Gasteiger partial charge is 0.476 e. The number of carboxylic acids is 1. The second-order valence-corrected chi connectivity index (χ2v) is 7.60. The van der Waals surface area contributed by atoms with E-state index in [-0.39, 0.29) is 17.8 Å². The van der Waals surface area contributed by atoms with Crippen LogP contribution in [-0.4, -0.2) is 76.8 Å². The van der Waals surface area contributed by atoms with E-state index in [4.69, 9.17) is 9.84 Å². The normalized spacial score (nSPS) is 23.0. The third kappa shape index (κ3) is 4.06. The smallest absolute Gasteiger partial charge is 0.410 e. The predicted octanol–water partition coefficient (Wildman–Crippen LogP) is 1.40. The van der Waals surface area contributed by atoms with Crippen LogP contribution in [-0.2, 0) is 11.2 Å². The van der Waals surface area contributed by atoms with E-state index in [2.05, 4.69) is 10.3 Å². The molecule has 3 rings (SSSR count). The number of hydrogen-bond acceptors (Lipinski definition) is 6. The number of thiazole rings is 1. The molecule has 1 spiro atoms. The third-order valence-corrected chi connectivity index (χ3v) is 5.62. The minimum absolute atomic E-state index is 0.0326. The average molecular weight is 382 g/mol. The molecule has 0 unspecified atom stereocenters. The maximum absolute atomic E-state index is 12.4. The van der Waals surface area contributed by atoms with Crippen molar-refractivity contribution in [3.8, 4) is 0 Å². The zero-order valence-corrected chi connectivity index (χ0v) is 15.4. The lowest BCUT2D eigenvalue weighted by atomic mass is 9.95. The summed E-state index contributed by atoms with van der Waals surface area (Å²) in [5, 5.41) is 13.9. The van der Waals surface area contributed by atoms with Crippen molar-refractivity contribution in [1.29, 1.82) is 0 Å². The van der Waals surface area contributed by atoms with Gasteiger partial charge in [-0.15, -0.1) is 11.3 Å². The average Bonchev–Trinajstić information content (AvgIpc) is 3.09. The lowest BCUT2D eigenvalue weighted by Gasteiger charge is -2.25. The van der Waals surface area contributed by atoms with E-state index in [0.29, 0.717) is 44.0 Å². The second-order valence-electron chi connectivity index (χ2n) is 6.66. The molecule has 2 N–H and O–H groups in total. The minimum Gasteiger partial charge on any atom is -0.476 e. The Morgan fingerprint density at radius 3 is 2.88 bits per heavy atom. The summed E-state index contributed by atoms with van der Waals surface area (Å²) in [7, 11) is 1.72. The predicted molar refractivity (Wildman–Crippen MR) is 93.4 cm³/mol. The standard InChI is InChI=1S/C16H22N4O5S/c1-19-10-16(25-15(19)24)4-2-7-20(8-5-16)14(23)17-6-3-12-18-11(9-26-12)13(21)22/h9H,2-8,10H2,1H3,(H,17,23)(H,21,22)/t16-/m1/s1. The Morgan fingerprint density at radius 1 is 1.42 bits per heavy atom. The first-order valence-corrected chi connectivity index (χ1v) is 9.41. The number of aromatic carboxylic acids is 1. The minimum atomic E-state index is -1.05. The molecule has 0 saturated carbocycles. The van der Waals surface area contributed by atoms with E-state index < -0.39 is 11.6 Å². The van der Waals surface area contributed by atoms with E-state index in [9.17, 15) is 14.4 Å². The molecule has 10 heteroatoms. The fraction of sp³-hybridized carbons (Fsp3) is 0.625. The molecular formula is C16H22N4O5S. The number of hydrogen-bond donors (Lipinski definition) is 2. The highest BCUT2D eigenvalue weighted by atomic mass is 32.1. The topological polar surface area (TPSA) is 112 Å². The molecular weight excluding hydrogens is 360 g/mol. The maximum Gasteiger partial charge on any atom is 0.410 e. The van der Waals surface area contributed by atoms with Crippen molar-refractivity contribution in [2.45, 2.75) is 31.3 Å². The first-order chi connectivity index (χ1) is 12.4. The first-order valence-electron chi connectivity index (χ1n) is 8.53. The number of aromatic nitrogens is 1. The van der Waals surface area contributed by atoms with Gasteiger partial charge in [-0.2, -0.15) is 0 Å². The van der Waals surface area contributed by atoms with Gasteiger partial charge in [-0.05, 0) is 12.8 Å². The van der Waals surface area contributed by atoms with E-state index in [1.807, 2.05) is 0 Å². The summed E-state index contributed by atoms with van der Waals surface area (Å²) in [4.78, 5) is 42.2. The van der Waals surface area contributed by atoms with Crippen LogP contribution in [0.1, 0.15) is 34.8 Å². The van der Waals surface area contributed by atoms with Gasteiger partial charge in [0.15, 0.2) is 5.69 Å². The van der Waals surface area contributed by atoms with Gasteiger partial charge in [0, 0.05) is 44.9 Å². The van der Waals surface area contributed by atoms with Gasteiger partial charge in [-0.3, -0.25) is 0 Å². The summed E-state index contributed by atoms with van der Waals surface area (Å²) in [6.07, 6.45) is 2.36. The maximum atomic E-state index is 12.4. The first kappa shape index (κ1) is 18.4. The molecule has 142 valence electrons. The molecule has 9 nitrogen and oxygen atoms in total. The zero-order chi connectivity index (χ0) is 18.7. The molecule has 2 fully saturated rings. The number of carbonyl (C=O) groups is 3. The number of carboxylic acid groups (broad SMARTS) is 1. The van der Waals surface area contributed by atoms with Crippen LogP contribution in [0.25, 0.3) is 0 Å². The Bertz CT molecular complexity index is 709. The number of likely N-dealkylation sites (tertiary alicyclic amines) is 1. The SMILES string of the molecule is CN1C[C@]2(CCCN(C(=O)NCCc3nc(C(=O)O)cs3)CC2)OC1=O. The number of nitrogens with one attached hydrogen (secondary N) is 1. The Balaban J connectivity index is 1.46. The number of amides is 3. The highest BCUT2D eigenvalue weighted by Gasteiger charge is 2.44. The molecule has 2 saturated heterocycles. The Hall–Kier alpha value is -2.36. The van der Waals surface area contributed by atoms with E-state index in [0.717, 1.165) is 12.8 Å². The van der Waals surface area contributed by atoms with Gasteiger partial charge in [0.1, 0.15) is 5.60 Å². The van der Waals surface area contributed by atoms with Gasteiger partial charge >= 0.3 is 18.1 Å². The van der Waals surface area contributed by atoms with Gasteiger partial charge in [-0.25, -0.2) is 19.4 Å². The lowest BCUT2D eigenvalue weighted by molar-refractivity contribution is 0.0453. The third-order valence-electron chi connectivity index (χ3n) is 4.71. The number of nitrogens with zero attached hydrogens (tertiary/aromatic N) is 3. The summed E-state index contributed by atoms with van der Waals surface area (Å²) in [6.45, 7) is 2.12. The van der Waals surface area contributed by atoms with Crippen LogP contribution in [0.2, 0.25) is 0 Å². The molecule has 1 aromatic rings. The lowest BCUT2D eigenvalue weighted by Crippen LogP contribution is -2.42. The molecule has 0 bridgehead atoms. The number of urea groups is 1. The molecule has 2 aliphatic rings. The monoisotopic (exact) mass is 382 g/mol. The Morgan fingerprint density at radius 2 is 2.23 bits per heavy atom. The number of rotatable bonds is 4. The number of carbonyl (C=O) groups excluding carboxylic acids is 2. The Kier molecular flexibility index (Phi) is 5.30. The van der Waals surface area contributed by atoms with Crippen LogP contribution in [0, 0.1) is 0 Å². The second kappa shape index (κ2) is 7.48. The summed E-state index contributed by atoms with van der Waals surface area (Å²) in [5.41, 5.74) is -0.445. The van der Waals surface area contributed by atoms with Crippen molar-refractivity contribution in [1.82, 2.24) is 20.1 Å². The van der Waals surface area contributed by atoms with Crippen molar-refractivity contribution in [3.05, 3.63) is 16.1 Å². The molecule has 3 amide bonds. The van der Waals surface area contributed by atoms with Crippen LogP contribution in [0.4, 0.5) is 9.59 Å². The van der Waals surface area contributed by atoms with Crippen molar-refractivity contribution in [2.75, 3.05) is 33.2 Å². The summed E-state index contributed by atoms with van der Waals surface area (Å²) >= 11 is 1.27. The number of ether oxygens (including phenoxy) is 1. The molecule has 0 aromatic carbocycles. The van der Waals surface area contributed by atoms with Gasteiger partial charge < -0.3 is 25.0 Å². The van der Waals surface area contributed by atoms with Crippen LogP contribution in [0.5, 0.6) is 0 Å². The van der Waals surface area contributed by atoms with Gasteiger partial charge in [0.2, 0.25) is 0 Å². The van der Waals surface area contributed by atoms with Crippen LogP contribution < -0.4 is 5.32 Å². The van der Waals surface area contributed by atoms with Gasteiger partial charge in [-0.1, -0.05) is 0 Å². The highest BCUT2D eigenvalue weighted by Crippen LogP contribution is 2.32. The fourth-order valence-corrected chi connectivity index (χ4v) is 4.11. The molecule has 3 heterocycles. The van der Waals surface area contributed by atoms with Crippen molar-refractivity contribution in [3.63, 3.8) is 0 Å². The van der Waals surface area contributed by atoms with E-state index >= 15 is 0 Å². The number of likely N-dealkylation sites (N-methyl/N-ethyl adjacent to an activating group) is 1. The van der Waals surface area contributed by atoms with E-state index in [1.165, 1.54) is 16.7 Å². The molecule has 0 radical (unpaired) electrons. The van der Waals surface area contributed by atoms with Crippen LogP contribution >= 0.6 is 11.3 Å². The van der Waals surface area contributed by atoms with Gasteiger partial charge in [0.25, 0.3) is 0 Å². The van der Waals surface area contributed by atoms with Crippen molar-refractivity contribution >= 4 is 29.4 Å². The Labute approximate surface area is 154 Å². The van der Waals surface area contributed by atoms with Gasteiger partial charge in [0.05, 0.1) is 11.6 Å². The van der Waals surface area contributed by atoms with Crippen LogP contribution in [0.3, 0.4) is 0 Å². The van der Waals surface area contributed by atoms with Crippen molar-refractivity contribution < 1.29 is 24.2 Å². The fourth-order valence-electron chi connectivity index (χ4n) is 3.34. The summed E-state index contributed by atoms with van der Waals surface area (Å²) in [5.74, 6) is -1.05. The zero-order valence-electron chi connectivity index (χ0n) is 14.6. The van der Waals surface area contributed by atoms with E-state index in [1.54, 1.807) is 16.8 Å². The molecule has 1 atom stereocenters. The highest BCUT2D eigenvalue weighted by molar-refractivity contribution is 7.09. The quantitative estimate of drug-likeness (QED) is 0.814. The molecule has 1 aromatic heterocycles. The molecule has 26 heavy (non-hydrogen) atoms. The summed E-state index contributed by atoms with van der Waals surface area (Å²) in [6, 6.07) is -0.158. The molecule has 0 aliphatic carbocycles. The molecule has 2 aliphatic heterocycles. The summed E-state index contributed by atoms with van der Waals surface area (Å²) < 4.78 is 5.54.